The number of aromatic amines is 1. The van der Waals surface area contributed by atoms with Gasteiger partial charge in [0.05, 0.1) is 6.04 Å². The van der Waals surface area contributed by atoms with E-state index in [-0.39, 0.29) is 17.3 Å². The topological polar surface area (TPSA) is 86.5 Å². The first kappa shape index (κ1) is 14.4. The van der Waals surface area contributed by atoms with Gasteiger partial charge < -0.3 is 14.5 Å². The number of aromatic nitrogens is 1. The van der Waals surface area contributed by atoms with E-state index in [1.807, 2.05) is 0 Å². The van der Waals surface area contributed by atoms with Gasteiger partial charge in [0, 0.05) is 18.5 Å². The van der Waals surface area contributed by atoms with E-state index in [0.29, 0.717) is 25.1 Å². The number of benzene rings is 1. The van der Waals surface area contributed by atoms with E-state index in [1.54, 1.807) is 12.1 Å². The highest BCUT2D eigenvalue weighted by atomic mass is 19.1. The van der Waals surface area contributed by atoms with Crippen LogP contribution in [0, 0.1) is 5.82 Å². The number of nitrogens with one attached hydrogen (secondary N) is 1. The van der Waals surface area contributed by atoms with Gasteiger partial charge in [-0.25, -0.2) is 9.18 Å². The molecule has 0 aliphatic carbocycles. The molecule has 1 aliphatic rings. The number of carbonyl (C=O) groups is 1. The lowest BCUT2D eigenvalue weighted by atomic mass is 9.86. The molecule has 2 heterocycles. The minimum atomic E-state index is -1.01. The average molecular weight is 306 g/mol. The Morgan fingerprint density at radius 3 is 2.68 bits per heavy atom. The van der Waals surface area contributed by atoms with Crippen molar-refractivity contribution in [3.63, 3.8) is 0 Å². The van der Waals surface area contributed by atoms with Crippen molar-refractivity contribution in [2.24, 2.45) is 0 Å². The van der Waals surface area contributed by atoms with E-state index in [2.05, 4.69) is 5.16 Å². The molecule has 1 saturated heterocycles. The second-order valence-electron chi connectivity index (χ2n) is 5.38. The second kappa shape index (κ2) is 5.67. The van der Waals surface area contributed by atoms with Crippen LogP contribution < -0.4 is 5.56 Å². The predicted octanol–water partition coefficient (Wildman–Crippen LogP) is 2.71. The highest BCUT2D eigenvalue weighted by Crippen LogP contribution is 2.39. The molecule has 0 unspecified atom stereocenters. The number of piperidine rings is 1. The van der Waals surface area contributed by atoms with Crippen LogP contribution in [0.2, 0.25) is 0 Å². The summed E-state index contributed by atoms with van der Waals surface area (Å²) in [6.07, 6.45) is 0.0482. The summed E-state index contributed by atoms with van der Waals surface area (Å²) in [6.45, 7) is 0.330. The molecular formula is C15H15FN2O4. The molecule has 1 aromatic heterocycles. The molecule has 22 heavy (non-hydrogen) atoms. The van der Waals surface area contributed by atoms with Gasteiger partial charge in [0.2, 0.25) is 0 Å². The number of nitrogens with zero attached hydrogens (tertiary/aromatic N) is 1. The normalized spacial score (nSPS) is 21.8. The molecule has 1 amide bonds. The quantitative estimate of drug-likeness (QED) is 0.893. The van der Waals surface area contributed by atoms with Crippen LogP contribution in [0.5, 0.6) is 0 Å². The van der Waals surface area contributed by atoms with Gasteiger partial charge in [-0.15, -0.1) is 0 Å². The van der Waals surface area contributed by atoms with E-state index >= 15 is 0 Å². The minimum absolute atomic E-state index is 0.0513. The van der Waals surface area contributed by atoms with Crippen molar-refractivity contribution in [1.82, 2.24) is 10.1 Å². The van der Waals surface area contributed by atoms with Gasteiger partial charge in [-0.05, 0) is 30.5 Å². The Morgan fingerprint density at radius 1 is 1.36 bits per heavy atom. The SMILES string of the molecule is O=C(O)N1CC[C@H](c2cc(=O)[nH]o2)C[C@@H]1c1ccc(F)cc1. The Bertz CT molecular complexity index is 722. The van der Waals surface area contributed by atoms with E-state index in [1.165, 1.54) is 23.1 Å². The summed E-state index contributed by atoms with van der Waals surface area (Å²) in [5, 5.41) is 11.6. The molecule has 2 atom stereocenters. The van der Waals surface area contributed by atoms with Crippen LogP contribution in [0.4, 0.5) is 9.18 Å². The zero-order valence-electron chi connectivity index (χ0n) is 11.7. The molecule has 1 aromatic carbocycles. The molecule has 1 aliphatic heterocycles. The zero-order valence-corrected chi connectivity index (χ0v) is 11.7. The number of rotatable bonds is 2. The maximum absolute atomic E-state index is 13.1. The van der Waals surface area contributed by atoms with Gasteiger partial charge in [0.25, 0.3) is 5.56 Å². The van der Waals surface area contributed by atoms with Gasteiger partial charge in [0.15, 0.2) is 0 Å². The monoisotopic (exact) mass is 306 g/mol. The van der Waals surface area contributed by atoms with Crippen molar-refractivity contribution in [3.8, 4) is 0 Å². The predicted molar refractivity (Wildman–Crippen MR) is 75.2 cm³/mol. The van der Waals surface area contributed by atoms with Crippen molar-refractivity contribution in [2.45, 2.75) is 24.8 Å². The van der Waals surface area contributed by atoms with Crippen LogP contribution in [0.3, 0.4) is 0 Å². The fourth-order valence-corrected chi connectivity index (χ4v) is 2.95. The third-order valence-corrected chi connectivity index (χ3v) is 4.05. The molecule has 0 radical (unpaired) electrons. The van der Waals surface area contributed by atoms with Crippen LogP contribution in [0.25, 0.3) is 0 Å². The summed E-state index contributed by atoms with van der Waals surface area (Å²) in [4.78, 5) is 24.0. The Hall–Kier alpha value is -2.57. The molecule has 2 aromatic rings. The van der Waals surface area contributed by atoms with Gasteiger partial charge in [-0.1, -0.05) is 12.1 Å². The van der Waals surface area contributed by atoms with Crippen molar-refractivity contribution in [3.05, 3.63) is 57.8 Å². The number of likely N-dealkylation sites (tertiary alicyclic amines) is 1. The Labute approximate surface area is 125 Å². The van der Waals surface area contributed by atoms with Gasteiger partial charge in [-0.3, -0.25) is 4.79 Å². The largest absolute Gasteiger partial charge is 0.465 e. The molecule has 3 rings (SSSR count). The fourth-order valence-electron chi connectivity index (χ4n) is 2.95. The number of halogens is 1. The number of amides is 1. The van der Waals surface area contributed by atoms with Crippen LogP contribution in [0.15, 0.2) is 39.6 Å². The van der Waals surface area contributed by atoms with Crippen LogP contribution in [-0.2, 0) is 0 Å². The van der Waals surface area contributed by atoms with E-state index in [4.69, 9.17) is 4.52 Å². The molecule has 116 valence electrons. The molecule has 6 nitrogen and oxygen atoms in total. The number of hydrogen-bond donors (Lipinski definition) is 2. The second-order valence-corrected chi connectivity index (χ2v) is 5.38. The van der Waals surface area contributed by atoms with Crippen LogP contribution >= 0.6 is 0 Å². The Morgan fingerprint density at radius 2 is 2.09 bits per heavy atom. The molecular weight excluding hydrogens is 291 g/mol. The highest BCUT2D eigenvalue weighted by molar-refractivity contribution is 5.66. The summed E-state index contributed by atoms with van der Waals surface area (Å²) >= 11 is 0. The third-order valence-electron chi connectivity index (χ3n) is 4.05. The first-order chi connectivity index (χ1) is 10.5. The van der Waals surface area contributed by atoms with E-state index in [9.17, 15) is 19.1 Å². The maximum atomic E-state index is 13.1. The number of H-pyrrole nitrogens is 1. The van der Waals surface area contributed by atoms with Crippen molar-refractivity contribution in [2.75, 3.05) is 6.54 Å². The Kier molecular flexibility index (Phi) is 3.70. The molecule has 7 heteroatoms. The number of hydrogen-bond acceptors (Lipinski definition) is 3. The first-order valence-corrected chi connectivity index (χ1v) is 6.98. The van der Waals surface area contributed by atoms with Crippen LogP contribution in [-0.4, -0.2) is 27.8 Å². The van der Waals surface area contributed by atoms with Crippen molar-refractivity contribution in [1.29, 1.82) is 0 Å². The lowest BCUT2D eigenvalue weighted by Gasteiger charge is -2.37. The molecule has 0 saturated carbocycles. The fraction of sp³-hybridized carbons (Fsp3) is 0.333. The Balaban J connectivity index is 1.89. The number of carboxylic acid groups (broad SMARTS) is 1. The lowest BCUT2D eigenvalue weighted by molar-refractivity contribution is 0.0968. The summed E-state index contributed by atoms with van der Waals surface area (Å²) in [7, 11) is 0. The highest BCUT2D eigenvalue weighted by Gasteiger charge is 2.34. The zero-order chi connectivity index (χ0) is 15.7. The summed E-state index contributed by atoms with van der Waals surface area (Å²) in [5.74, 6) is 0.112. The minimum Gasteiger partial charge on any atom is -0.465 e. The molecule has 2 N–H and O–H groups in total. The summed E-state index contributed by atoms with van der Waals surface area (Å²) < 4.78 is 18.2. The van der Waals surface area contributed by atoms with E-state index < -0.39 is 12.1 Å². The maximum Gasteiger partial charge on any atom is 0.407 e. The summed E-state index contributed by atoms with van der Waals surface area (Å²) in [6, 6.07) is 6.81. The molecule has 1 fully saturated rings. The average Bonchev–Trinajstić information content (AvgIpc) is 2.94. The first-order valence-electron chi connectivity index (χ1n) is 6.98. The lowest BCUT2D eigenvalue weighted by Crippen LogP contribution is -2.39. The molecule has 0 bridgehead atoms. The standard InChI is InChI=1S/C15H15FN2O4/c16-11-3-1-9(2-4-11)12-7-10(5-6-18(12)15(20)21)13-8-14(19)17-22-13/h1-4,8,10,12H,5-7H2,(H,17,19)(H,20,21)/t10-,12+/m0/s1. The summed E-state index contributed by atoms with van der Waals surface area (Å²) in [5.41, 5.74) is 0.417. The van der Waals surface area contributed by atoms with E-state index in [0.717, 1.165) is 5.56 Å². The van der Waals surface area contributed by atoms with Crippen molar-refractivity contribution >= 4 is 6.09 Å². The van der Waals surface area contributed by atoms with Crippen LogP contribution in [0.1, 0.15) is 36.1 Å². The van der Waals surface area contributed by atoms with Crippen molar-refractivity contribution < 1.29 is 18.8 Å². The van der Waals surface area contributed by atoms with Gasteiger partial charge in [0.1, 0.15) is 11.6 Å². The smallest absolute Gasteiger partial charge is 0.407 e. The van der Waals surface area contributed by atoms with Gasteiger partial charge >= 0.3 is 6.09 Å². The molecule has 0 spiro atoms. The van der Waals surface area contributed by atoms with Gasteiger partial charge in [-0.2, -0.15) is 5.16 Å². The third kappa shape index (κ3) is 2.74.